The van der Waals surface area contributed by atoms with Gasteiger partial charge in [-0.05, 0) is 19.4 Å². The molecule has 86 valence electrons. The first kappa shape index (κ1) is 10.9. The smallest absolute Gasteiger partial charge is 0.246 e. The van der Waals surface area contributed by atoms with Crippen LogP contribution >= 0.6 is 0 Å². The summed E-state index contributed by atoms with van der Waals surface area (Å²) in [6.45, 7) is 3.96. The molecule has 0 aliphatic rings. The number of nitrogens with zero attached hydrogens (tertiary/aromatic N) is 2. The van der Waals surface area contributed by atoms with Gasteiger partial charge in [0.25, 0.3) is 0 Å². The average molecular weight is 221 g/mol. The van der Waals surface area contributed by atoms with E-state index in [9.17, 15) is 0 Å². The average Bonchev–Trinajstić information content (AvgIpc) is 2.89. The van der Waals surface area contributed by atoms with Gasteiger partial charge in [0.15, 0.2) is 0 Å². The van der Waals surface area contributed by atoms with Crippen LogP contribution in [-0.2, 0) is 5.54 Å². The Bertz CT molecular complexity index is 446. The normalized spacial score (nSPS) is 14.9. The number of nitrogens with two attached hydrogens (primary N) is 1. The van der Waals surface area contributed by atoms with Gasteiger partial charge in [0, 0.05) is 0 Å². The van der Waals surface area contributed by atoms with Crippen LogP contribution in [0.2, 0.25) is 0 Å². The Morgan fingerprint density at radius 2 is 2.31 bits per heavy atom. The number of hydrogen-bond donors (Lipinski definition) is 1. The maximum absolute atomic E-state index is 6.10. The Hall–Kier alpha value is -1.62. The van der Waals surface area contributed by atoms with Crippen LogP contribution in [0.25, 0.3) is 11.4 Å². The van der Waals surface area contributed by atoms with Crippen LogP contribution < -0.4 is 5.73 Å². The molecule has 0 radical (unpaired) electrons. The molecule has 0 bridgehead atoms. The predicted molar refractivity (Wildman–Crippen MR) is 58.4 cm³/mol. The molecule has 2 aromatic rings. The summed E-state index contributed by atoms with van der Waals surface area (Å²) in [4.78, 5) is 4.28. The van der Waals surface area contributed by atoms with Crippen LogP contribution in [0, 0.1) is 0 Å². The van der Waals surface area contributed by atoms with Gasteiger partial charge in [-0.25, -0.2) is 0 Å². The molecule has 2 aromatic heterocycles. The fourth-order valence-electron chi connectivity index (χ4n) is 1.59. The lowest BCUT2D eigenvalue weighted by Gasteiger charge is -2.18. The van der Waals surface area contributed by atoms with Gasteiger partial charge in [-0.1, -0.05) is 18.5 Å². The zero-order valence-electron chi connectivity index (χ0n) is 9.43. The Morgan fingerprint density at radius 3 is 2.94 bits per heavy atom. The lowest BCUT2D eigenvalue weighted by atomic mass is 9.98. The zero-order valence-corrected chi connectivity index (χ0v) is 9.43. The quantitative estimate of drug-likeness (QED) is 0.857. The van der Waals surface area contributed by atoms with E-state index in [1.54, 1.807) is 18.6 Å². The van der Waals surface area contributed by atoms with Gasteiger partial charge < -0.3 is 14.7 Å². The molecule has 1 atom stereocenters. The highest BCUT2D eigenvalue weighted by Gasteiger charge is 2.27. The molecule has 0 aliphatic heterocycles. The van der Waals surface area contributed by atoms with Gasteiger partial charge in [-0.3, -0.25) is 0 Å². The molecule has 1 unspecified atom stereocenters. The standard InChI is InChI=1S/C11H15N3O2/c1-3-5-11(2,12)10-13-9(14-16-10)8-4-6-15-7-8/h4,6-7H,3,5,12H2,1-2H3. The molecule has 5 heteroatoms. The van der Waals surface area contributed by atoms with Crippen molar-refractivity contribution in [3.05, 3.63) is 24.5 Å². The minimum atomic E-state index is -0.566. The molecule has 0 spiro atoms. The second-order valence-corrected chi connectivity index (χ2v) is 4.10. The Balaban J connectivity index is 2.26. The monoisotopic (exact) mass is 221 g/mol. The lowest BCUT2D eigenvalue weighted by molar-refractivity contribution is 0.284. The van der Waals surface area contributed by atoms with Crippen molar-refractivity contribution >= 4 is 0 Å². The minimum Gasteiger partial charge on any atom is -0.472 e. The predicted octanol–water partition coefficient (Wildman–Crippen LogP) is 2.30. The fraction of sp³-hybridized carbons (Fsp3) is 0.455. The van der Waals surface area contributed by atoms with Crippen molar-refractivity contribution in [3.63, 3.8) is 0 Å². The van der Waals surface area contributed by atoms with E-state index < -0.39 is 5.54 Å². The Kier molecular flexibility index (Phi) is 2.78. The van der Waals surface area contributed by atoms with Gasteiger partial charge in [-0.15, -0.1) is 0 Å². The van der Waals surface area contributed by atoms with Crippen LogP contribution in [-0.4, -0.2) is 10.1 Å². The molecule has 0 aliphatic carbocycles. The Labute approximate surface area is 93.6 Å². The van der Waals surface area contributed by atoms with Gasteiger partial charge in [0.05, 0.1) is 17.4 Å². The summed E-state index contributed by atoms with van der Waals surface area (Å²) in [5.41, 5.74) is 6.32. The molecule has 0 aromatic carbocycles. The molecule has 0 fully saturated rings. The first-order valence-corrected chi connectivity index (χ1v) is 5.29. The van der Waals surface area contributed by atoms with Crippen molar-refractivity contribution in [1.29, 1.82) is 0 Å². The minimum absolute atomic E-state index is 0.463. The lowest BCUT2D eigenvalue weighted by Crippen LogP contribution is -2.33. The highest BCUT2D eigenvalue weighted by molar-refractivity contribution is 5.51. The molecule has 2 heterocycles. The zero-order chi connectivity index (χ0) is 11.6. The van der Waals surface area contributed by atoms with Crippen molar-refractivity contribution in [1.82, 2.24) is 10.1 Å². The van der Waals surface area contributed by atoms with Crippen LogP contribution in [0.15, 0.2) is 27.5 Å². The summed E-state index contributed by atoms with van der Waals surface area (Å²) in [5.74, 6) is 0.974. The van der Waals surface area contributed by atoms with Crippen LogP contribution in [0.5, 0.6) is 0 Å². The number of furan rings is 1. The second-order valence-electron chi connectivity index (χ2n) is 4.10. The van der Waals surface area contributed by atoms with Gasteiger partial charge >= 0.3 is 0 Å². The van der Waals surface area contributed by atoms with E-state index in [0.29, 0.717) is 11.7 Å². The van der Waals surface area contributed by atoms with Crippen LogP contribution in [0.3, 0.4) is 0 Å². The topological polar surface area (TPSA) is 78.1 Å². The van der Waals surface area contributed by atoms with Gasteiger partial charge in [0.1, 0.15) is 6.26 Å². The molecule has 0 amide bonds. The summed E-state index contributed by atoms with van der Waals surface area (Å²) in [6.07, 6.45) is 4.91. The SMILES string of the molecule is CCCC(C)(N)c1nc(-c2ccoc2)no1. The molecule has 5 nitrogen and oxygen atoms in total. The van der Waals surface area contributed by atoms with E-state index in [2.05, 4.69) is 17.1 Å². The third-order valence-corrected chi connectivity index (χ3v) is 2.46. The van der Waals surface area contributed by atoms with Gasteiger partial charge in [-0.2, -0.15) is 4.98 Å². The van der Waals surface area contributed by atoms with Crippen LogP contribution in [0.4, 0.5) is 0 Å². The first-order chi connectivity index (χ1) is 7.63. The maximum atomic E-state index is 6.10. The molecule has 0 saturated heterocycles. The summed E-state index contributed by atoms with van der Waals surface area (Å²) in [6, 6.07) is 1.78. The third-order valence-electron chi connectivity index (χ3n) is 2.46. The van der Waals surface area contributed by atoms with Crippen molar-refractivity contribution < 1.29 is 8.94 Å². The molecular weight excluding hydrogens is 206 g/mol. The molecule has 2 rings (SSSR count). The number of aromatic nitrogens is 2. The van der Waals surface area contributed by atoms with Crippen molar-refractivity contribution in [2.75, 3.05) is 0 Å². The second kappa shape index (κ2) is 4.09. The van der Waals surface area contributed by atoms with Crippen molar-refractivity contribution in [2.24, 2.45) is 5.73 Å². The Morgan fingerprint density at radius 1 is 1.50 bits per heavy atom. The first-order valence-electron chi connectivity index (χ1n) is 5.29. The number of rotatable bonds is 4. The maximum Gasteiger partial charge on any atom is 0.246 e. The van der Waals surface area contributed by atoms with Gasteiger partial charge in [0.2, 0.25) is 11.7 Å². The van der Waals surface area contributed by atoms with Crippen molar-refractivity contribution in [2.45, 2.75) is 32.2 Å². The largest absolute Gasteiger partial charge is 0.472 e. The van der Waals surface area contributed by atoms with E-state index in [0.717, 1.165) is 18.4 Å². The summed E-state index contributed by atoms with van der Waals surface area (Å²) < 4.78 is 10.1. The van der Waals surface area contributed by atoms with E-state index in [1.807, 2.05) is 6.92 Å². The summed E-state index contributed by atoms with van der Waals surface area (Å²) in [5, 5.41) is 3.88. The summed E-state index contributed by atoms with van der Waals surface area (Å²) in [7, 11) is 0. The van der Waals surface area contributed by atoms with E-state index in [-0.39, 0.29) is 0 Å². The molecule has 0 saturated carbocycles. The molecular formula is C11H15N3O2. The van der Waals surface area contributed by atoms with E-state index in [1.165, 1.54) is 0 Å². The van der Waals surface area contributed by atoms with E-state index >= 15 is 0 Å². The van der Waals surface area contributed by atoms with Crippen LogP contribution in [0.1, 0.15) is 32.6 Å². The summed E-state index contributed by atoms with van der Waals surface area (Å²) >= 11 is 0. The molecule has 16 heavy (non-hydrogen) atoms. The molecule has 2 N–H and O–H groups in total. The highest BCUT2D eigenvalue weighted by atomic mass is 16.5. The fourth-order valence-corrected chi connectivity index (χ4v) is 1.59. The third kappa shape index (κ3) is 1.99. The van der Waals surface area contributed by atoms with Crippen molar-refractivity contribution in [3.8, 4) is 11.4 Å². The van der Waals surface area contributed by atoms with E-state index in [4.69, 9.17) is 14.7 Å². The number of hydrogen-bond acceptors (Lipinski definition) is 5. The highest BCUT2D eigenvalue weighted by Crippen LogP contribution is 2.24.